The molecule has 148 valence electrons. The van der Waals surface area contributed by atoms with Crippen molar-refractivity contribution in [3.05, 3.63) is 45.5 Å². The van der Waals surface area contributed by atoms with Crippen molar-refractivity contribution in [1.29, 1.82) is 0 Å². The third-order valence-corrected chi connectivity index (χ3v) is 5.88. The van der Waals surface area contributed by atoms with Crippen LogP contribution in [0.4, 0.5) is 0 Å². The molecular formula is C20H24N4O4. The Hall–Kier alpha value is -2.90. The second kappa shape index (κ2) is 7.26. The molecule has 2 aliphatic rings. The molecule has 1 saturated carbocycles. The molecule has 0 spiro atoms. The predicted octanol–water partition coefficient (Wildman–Crippen LogP) is 2.14. The maximum atomic E-state index is 13.1. The van der Waals surface area contributed by atoms with Gasteiger partial charge in [0.25, 0.3) is 5.56 Å². The molecule has 3 heterocycles. The Morgan fingerprint density at radius 3 is 2.64 bits per heavy atom. The molecule has 28 heavy (non-hydrogen) atoms. The summed E-state index contributed by atoms with van der Waals surface area (Å²) in [7, 11) is 0. The summed E-state index contributed by atoms with van der Waals surface area (Å²) in [6.45, 7) is 2.23. The Morgan fingerprint density at radius 1 is 1.21 bits per heavy atom. The van der Waals surface area contributed by atoms with Crippen LogP contribution in [-0.4, -0.2) is 42.8 Å². The summed E-state index contributed by atoms with van der Waals surface area (Å²) in [6.07, 6.45) is 9.16. The van der Waals surface area contributed by atoms with Gasteiger partial charge >= 0.3 is 5.97 Å². The Morgan fingerprint density at radius 2 is 1.96 bits per heavy atom. The van der Waals surface area contributed by atoms with Gasteiger partial charge in [-0.1, -0.05) is 19.3 Å². The van der Waals surface area contributed by atoms with Crippen LogP contribution in [0.25, 0.3) is 5.82 Å². The van der Waals surface area contributed by atoms with Gasteiger partial charge in [0, 0.05) is 32.3 Å². The van der Waals surface area contributed by atoms with Crippen molar-refractivity contribution >= 4 is 11.9 Å². The quantitative estimate of drug-likeness (QED) is 0.874. The highest BCUT2D eigenvalue weighted by Gasteiger charge is 2.28. The number of fused-ring (bicyclic) bond motifs is 1. The summed E-state index contributed by atoms with van der Waals surface area (Å²) in [4.78, 5) is 38.5. The van der Waals surface area contributed by atoms with Gasteiger partial charge in [-0.05, 0) is 30.4 Å². The van der Waals surface area contributed by atoms with Crippen molar-refractivity contribution < 1.29 is 14.7 Å². The summed E-state index contributed by atoms with van der Waals surface area (Å²) in [5.41, 5.74) is 0.502. The topological polar surface area (TPSA) is 97.4 Å². The molecule has 2 aromatic heterocycles. The maximum absolute atomic E-state index is 13.1. The molecule has 1 aliphatic carbocycles. The van der Waals surface area contributed by atoms with E-state index in [1.807, 2.05) is 4.68 Å². The van der Waals surface area contributed by atoms with Crippen molar-refractivity contribution in [2.45, 2.75) is 58.0 Å². The molecule has 0 unspecified atom stereocenters. The van der Waals surface area contributed by atoms with Gasteiger partial charge < -0.3 is 10.0 Å². The van der Waals surface area contributed by atoms with E-state index < -0.39 is 11.5 Å². The zero-order valence-electron chi connectivity index (χ0n) is 15.9. The molecule has 0 bridgehead atoms. The first-order chi connectivity index (χ1) is 13.5. The van der Waals surface area contributed by atoms with Crippen molar-refractivity contribution in [3.8, 4) is 5.82 Å². The first-order valence-corrected chi connectivity index (χ1v) is 9.77. The molecule has 0 aromatic carbocycles. The number of amides is 1. The normalized spacial score (nSPS) is 17.4. The van der Waals surface area contributed by atoms with Crippen molar-refractivity contribution in [1.82, 2.24) is 19.2 Å². The maximum Gasteiger partial charge on any atom is 0.341 e. The van der Waals surface area contributed by atoms with Gasteiger partial charge in [-0.2, -0.15) is 5.10 Å². The lowest BCUT2D eigenvalue weighted by atomic mass is 9.95. The van der Waals surface area contributed by atoms with Crippen LogP contribution in [0.2, 0.25) is 0 Å². The van der Waals surface area contributed by atoms with Crippen molar-refractivity contribution in [3.63, 3.8) is 0 Å². The van der Waals surface area contributed by atoms with E-state index in [0.717, 1.165) is 25.7 Å². The zero-order valence-corrected chi connectivity index (χ0v) is 15.9. The van der Waals surface area contributed by atoms with Gasteiger partial charge in [0.15, 0.2) is 0 Å². The van der Waals surface area contributed by atoms with Crippen LogP contribution in [0.3, 0.4) is 0 Å². The number of aromatic carboxylic acids is 1. The van der Waals surface area contributed by atoms with E-state index in [-0.39, 0.29) is 17.5 Å². The third kappa shape index (κ3) is 3.12. The van der Waals surface area contributed by atoms with Crippen LogP contribution >= 0.6 is 0 Å². The van der Waals surface area contributed by atoms with E-state index in [0.29, 0.717) is 36.5 Å². The second-order valence-corrected chi connectivity index (χ2v) is 7.60. The fourth-order valence-corrected chi connectivity index (χ4v) is 4.42. The lowest BCUT2D eigenvalue weighted by molar-refractivity contribution is -0.129. The Balaban J connectivity index is 1.85. The molecule has 1 amide bonds. The molecule has 1 aliphatic heterocycles. The number of hydrogen-bond donors (Lipinski definition) is 1. The molecule has 0 saturated heterocycles. The van der Waals surface area contributed by atoms with E-state index in [9.17, 15) is 19.5 Å². The second-order valence-electron chi connectivity index (χ2n) is 7.60. The SMILES string of the molecule is CC(=O)N1CCc2c(cn(-c3ccnn3C3CCCCC3)c(=O)c2C(=O)O)C1. The van der Waals surface area contributed by atoms with E-state index in [1.54, 1.807) is 23.4 Å². The van der Waals surface area contributed by atoms with Crippen LogP contribution in [0.15, 0.2) is 23.3 Å². The molecular weight excluding hydrogens is 360 g/mol. The Labute approximate surface area is 162 Å². The minimum absolute atomic E-state index is 0.0625. The lowest BCUT2D eigenvalue weighted by Gasteiger charge is -2.29. The van der Waals surface area contributed by atoms with Crippen LogP contribution in [-0.2, 0) is 17.8 Å². The number of carbonyl (C=O) groups excluding carboxylic acids is 1. The minimum Gasteiger partial charge on any atom is -0.477 e. The average Bonchev–Trinajstić information content (AvgIpc) is 3.17. The van der Waals surface area contributed by atoms with Gasteiger partial charge in [-0.25, -0.2) is 9.48 Å². The molecule has 8 nitrogen and oxygen atoms in total. The highest BCUT2D eigenvalue weighted by atomic mass is 16.4. The number of carboxylic acids is 1. The third-order valence-electron chi connectivity index (χ3n) is 5.88. The molecule has 0 atom stereocenters. The molecule has 2 aromatic rings. The highest BCUT2D eigenvalue weighted by Crippen LogP contribution is 2.30. The number of nitrogens with zero attached hydrogens (tertiary/aromatic N) is 4. The molecule has 1 fully saturated rings. The summed E-state index contributed by atoms with van der Waals surface area (Å²) < 4.78 is 3.25. The van der Waals surface area contributed by atoms with Crippen molar-refractivity contribution in [2.24, 2.45) is 0 Å². The van der Waals surface area contributed by atoms with Crippen LogP contribution in [0.1, 0.15) is 66.6 Å². The van der Waals surface area contributed by atoms with Gasteiger partial charge in [0.1, 0.15) is 11.4 Å². The van der Waals surface area contributed by atoms with Crippen LogP contribution in [0.5, 0.6) is 0 Å². The predicted molar refractivity (Wildman–Crippen MR) is 102 cm³/mol. The number of aromatic nitrogens is 3. The van der Waals surface area contributed by atoms with Gasteiger partial charge in [0.2, 0.25) is 5.91 Å². The van der Waals surface area contributed by atoms with Crippen molar-refractivity contribution in [2.75, 3.05) is 6.54 Å². The van der Waals surface area contributed by atoms with Gasteiger partial charge in [-0.15, -0.1) is 0 Å². The van der Waals surface area contributed by atoms with E-state index >= 15 is 0 Å². The average molecular weight is 384 g/mol. The number of carbonyl (C=O) groups is 2. The number of carboxylic acid groups (broad SMARTS) is 1. The van der Waals surface area contributed by atoms with E-state index in [1.165, 1.54) is 17.9 Å². The lowest BCUT2D eigenvalue weighted by Crippen LogP contribution is -2.38. The Bertz CT molecular complexity index is 985. The van der Waals surface area contributed by atoms with Gasteiger partial charge in [-0.3, -0.25) is 14.2 Å². The van der Waals surface area contributed by atoms with E-state index in [2.05, 4.69) is 5.10 Å². The van der Waals surface area contributed by atoms with E-state index in [4.69, 9.17) is 0 Å². The molecule has 0 radical (unpaired) electrons. The number of hydrogen-bond acceptors (Lipinski definition) is 4. The Kier molecular flexibility index (Phi) is 4.78. The number of pyridine rings is 1. The zero-order chi connectivity index (χ0) is 19.8. The first-order valence-electron chi connectivity index (χ1n) is 9.77. The number of rotatable bonds is 3. The highest BCUT2D eigenvalue weighted by molar-refractivity contribution is 5.89. The molecule has 1 N–H and O–H groups in total. The largest absolute Gasteiger partial charge is 0.477 e. The summed E-state index contributed by atoms with van der Waals surface area (Å²) in [5.74, 6) is -0.703. The summed E-state index contributed by atoms with van der Waals surface area (Å²) in [5, 5.41) is 14.2. The molecule has 4 rings (SSSR count). The van der Waals surface area contributed by atoms with Crippen LogP contribution < -0.4 is 5.56 Å². The fourth-order valence-electron chi connectivity index (χ4n) is 4.42. The molecule has 8 heteroatoms. The first kappa shape index (κ1) is 18.5. The smallest absolute Gasteiger partial charge is 0.341 e. The fraction of sp³-hybridized carbons (Fsp3) is 0.500. The summed E-state index contributed by atoms with van der Waals surface area (Å²) in [6, 6.07) is 1.96. The minimum atomic E-state index is -1.23. The van der Waals surface area contributed by atoms with Crippen LogP contribution in [0, 0.1) is 0 Å². The standard InChI is InChI=1S/C20H24N4O4/c1-13(25)22-10-8-16-14(11-22)12-23(19(26)18(16)20(27)28)17-7-9-21-24(17)15-5-3-2-4-6-15/h7,9,12,15H,2-6,8,10-11H2,1H3,(H,27,28). The van der Waals surface area contributed by atoms with Gasteiger partial charge in [0.05, 0.1) is 12.2 Å². The monoisotopic (exact) mass is 384 g/mol. The summed E-state index contributed by atoms with van der Waals surface area (Å²) >= 11 is 0.